The molecule has 47 heavy (non-hydrogen) atoms. The van der Waals surface area contributed by atoms with E-state index in [4.69, 9.17) is 24.2 Å². The molecule has 4 heterocycles. The minimum absolute atomic E-state index is 0.192. The normalized spacial score (nSPS) is 23.8. The van der Waals surface area contributed by atoms with Crippen molar-refractivity contribution in [1.29, 1.82) is 5.26 Å². The highest BCUT2D eigenvalue weighted by Gasteiger charge is 2.44. The second-order valence-corrected chi connectivity index (χ2v) is 13.2. The summed E-state index contributed by atoms with van der Waals surface area (Å²) >= 11 is 0. The molecule has 0 N–H and O–H groups in total. The highest BCUT2D eigenvalue weighted by Crippen LogP contribution is 2.48. The molecule has 246 valence electrons. The van der Waals surface area contributed by atoms with E-state index in [9.17, 15) is 10.1 Å². The summed E-state index contributed by atoms with van der Waals surface area (Å²) in [5.41, 5.74) is 4.09. The zero-order chi connectivity index (χ0) is 32.2. The predicted molar refractivity (Wildman–Crippen MR) is 177 cm³/mol. The van der Waals surface area contributed by atoms with E-state index >= 15 is 0 Å². The number of nitrogens with zero attached hydrogens (tertiary/aromatic N) is 6. The van der Waals surface area contributed by atoms with Crippen molar-refractivity contribution < 1.29 is 19.0 Å². The third-order valence-corrected chi connectivity index (χ3v) is 10.4. The minimum atomic E-state index is -0.417. The van der Waals surface area contributed by atoms with Gasteiger partial charge in [0.15, 0.2) is 0 Å². The van der Waals surface area contributed by atoms with Crippen LogP contribution in [0.25, 0.3) is 0 Å². The maximum Gasteiger partial charge on any atom is 0.410 e. The van der Waals surface area contributed by atoms with Crippen LogP contribution in [0.5, 0.6) is 11.9 Å². The number of amides is 1. The first-order valence-electron chi connectivity index (χ1n) is 17.2. The molecule has 10 nitrogen and oxygen atoms in total. The smallest absolute Gasteiger partial charge is 0.410 e. The Morgan fingerprint density at radius 3 is 2.72 bits per heavy atom. The number of anilines is 1. The maximum absolute atomic E-state index is 13.2. The fourth-order valence-corrected chi connectivity index (χ4v) is 7.91. The maximum atomic E-state index is 13.2. The van der Waals surface area contributed by atoms with E-state index < -0.39 is 11.7 Å². The Hall–Kier alpha value is -4.36. The molecule has 2 saturated heterocycles. The quantitative estimate of drug-likeness (QED) is 0.311. The van der Waals surface area contributed by atoms with Gasteiger partial charge < -0.3 is 24.0 Å². The van der Waals surface area contributed by atoms with Crippen molar-refractivity contribution in [3.8, 4) is 18.0 Å². The van der Waals surface area contributed by atoms with Crippen LogP contribution in [0.2, 0.25) is 0 Å². The van der Waals surface area contributed by atoms with E-state index in [2.05, 4.69) is 47.1 Å². The van der Waals surface area contributed by atoms with Gasteiger partial charge in [0.1, 0.15) is 24.6 Å². The summed E-state index contributed by atoms with van der Waals surface area (Å²) in [6.45, 7) is 6.41. The number of nitriles is 1. The van der Waals surface area contributed by atoms with Gasteiger partial charge in [0.2, 0.25) is 5.88 Å². The van der Waals surface area contributed by atoms with Crippen molar-refractivity contribution in [3.63, 3.8) is 0 Å². The van der Waals surface area contributed by atoms with Crippen LogP contribution in [0.3, 0.4) is 0 Å². The number of likely N-dealkylation sites (tertiary alicyclic amines) is 1. The van der Waals surface area contributed by atoms with Crippen molar-refractivity contribution in [3.05, 3.63) is 76.9 Å². The zero-order valence-electron chi connectivity index (χ0n) is 27.3. The third-order valence-electron chi connectivity index (χ3n) is 10.4. The van der Waals surface area contributed by atoms with E-state index in [1.807, 2.05) is 30.3 Å². The number of ether oxygens (including phenoxy) is 3. The Bertz CT molecular complexity index is 1610. The molecule has 0 bridgehead atoms. The lowest BCUT2D eigenvalue weighted by molar-refractivity contribution is 0.0189. The first-order valence-corrected chi connectivity index (χ1v) is 17.2. The molecule has 3 atom stereocenters. The Balaban J connectivity index is 1.15. The van der Waals surface area contributed by atoms with Gasteiger partial charge in [-0.25, -0.2) is 4.79 Å². The number of benzene rings is 2. The second-order valence-electron chi connectivity index (χ2n) is 13.2. The molecule has 3 aliphatic heterocycles. The molecular weight excluding hydrogens is 592 g/mol. The lowest BCUT2D eigenvalue weighted by Crippen LogP contribution is -2.55. The van der Waals surface area contributed by atoms with Gasteiger partial charge in [-0.3, -0.25) is 4.90 Å². The average Bonchev–Trinajstić information content (AvgIpc) is 3.58. The van der Waals surface area contributed by atoms with Gasteiger partial charge in [-0.15, -0.1) is 0 Å². The highest BCUT2D eigenvalue weighted by atomic mass is 16.6. The highest BCUT2D eigenvalue weighted by molar-refractivity contribution is 5.69. The number of fused-ring (bicyclic) bond motifs is 3. The molecule has 0 radical (unpaired) electrons. The number of carbonyl (C=O) groups excluding carboxylic acids is 1. The van der Waals surface area contributed by atoms with Crippen molar-refractivity contribution in [2.45, 2.75) is 82.6 Å². The number of hydrogen-bond acceptors (Lipinski definition) is 9. The molecule has 10 heteroatoms. The molecule has 1 amide bonds. The van der Waals surface area contributed by atoms with Crippen LogP contribution in [-0.4, -0.2) is 77.3 Å². The number of piperazine rings is 1. The summed E-state index contributed by atoms with van der Waals surface area (Å²) < 4.78 is 19.0. The Morgan fingerprint density at radius 2 is 1.87 bits per heavy atom. The van der Waals surface area contributed by atoms with Gasteiger partial charge in [-0.05, 0) is 74.7 Å². The summed E-state index contributed by atoms with van der Waals surface area (Å²) in [5.74, 6) is 1.37. The number of aromatic nitrogens is 2. The number of aryl methyl sites for hydroxylation is 1. The lowest BCUT2D eigenvalue weighted by atomic mass is 9.75. The van der Waals surface area contributed by atoms with Crippen LogP contribution in [0, 0.1) is 11.3 Å². The van der Waals surface area contributed by atoms with E-state index in [0.717, 1.165) is 68.6 Å². The van der Waals surface area contributed by atoms with E-state index in [-0.39, 0.29) is 19.1 Å². The SMILES string of the molecule is CCN1CCC[C@H]1COc1nc2c(c(N3CCN(C(=O)OCc4ccccc4)[C@@H](CC#N)C3)n1)CCC1(CCCc3ccccc31)O2. The topological polar surface area (TPSA) is 104 Å². The molecule has 0 saturated carbocycles. The second kappa shape index (κ2) is 13.8. The van der Waals surface area contributed by atoms with Crippen LogP contribution in [0.1, 0.15) is 67.7 Å². The molecule has 3 aromatic rings. The number of hydrogen-bond donors (Lipinski definition) is 0. The fraction of sp³-hybridized carbons (Fsp3) is 0.514. The van der Waals surface area contributed by atoms with Crippen LogP contribution in [0.15, 0.2) is 54.6 Å². The molecule has 2 aromatic carbocycles. The van der Waals surface area contributed by atoms with Gasteiger partial charge >= 0.3 is 12.1 Å². The summed E-state index contributed by atoms with van der Waals surface area (Å²) in [6.07, 6.45) is 6.75. The molecular formula is C37H44N6O4. The average molecular weight is 637 g/mol. The summed E-state index contributed by atoms with van der Waals surface area (Å²) in [4.78, 5) is 29.5. The molecule has 1 aromatic heterocycles. The van der Waals surface area contributed by atoms with Crippen molar-refractivity contribution >= 4 is 11.9 Å². The number of likely N-dealkylation sites (N-methyl/N-ethyl adjacent to an activating group) is 1. The molecule has 7 rings (SSSR count). The first kappa shape index (κ1) is 31.3. The molecule has 1 aliphatic carbocycles. The van der Waals surface area contributed by atoms with E-state index in [1.54, 1.807) is 4.90 Å². The van der Waals surface area contributed by atoms with E-state index in [1.165, 1.54) is 17.5 Å². The van der Waals surface area contributed by atoms with Crippen LogP contribution >= 0.6 is 0 Å². The van der Waals surface area contributed by atoms with Crippen molar-refractivity contribution in [2.24, 2.45) is 0 Å². The third kappa shape index (κ3) is 6.46. The van der Waals surface area contributed by atoms with Gasteiger partial charge in [0.05, 0.1) is 24.1 Å². The monoisotopic (exact) mass is 636 g/mol. The first-order chi connectivity index (χ1) is 23.1. The van der Waals surface area contributed by atoms with Crippen LogP contribution in [0.4, 0.5) is 10.6 Å². The Labute approximate surface area is 277 Å². The van der Waals surface area contributed by atoms with Gasteiger partial charge in [-0.1, -0.05) is 61.5 Å². The summed E-state index contributed by atoms with van der Waals surface area (Å²) in [6, 6.07) is 20.9. The summed E-state index contributed by atoms with van der Waals surface area (Å²) in [5, 5.41) is 9.74. The molecule has 4 aliphatic rings. The van der Waals surface area contributed by atoms with Crippen molar-refractivity contribution in [1.82, 2.24) is 19.8 Å². The Morgan fingerprint density at radius 1 is 1.02 bits per heavy atom. The molecule has 2 fully saturated rings. The minimum Gasteiger partial charge on any atom is -0.466 e. The van der Waals surface area contributed by atoms with Gasteiger partial charge in [0.25, 0.3) is 0 Å². The lowest BCUT2D eigenvalue weighted by Gasteiger charge is -2.44. The van der Waals surface area contributed by atoms with Gasteiger partial charge in [0, 0.05) is 25.7 Å². The Kier molecular flexibility index (Phi) is 9.16. The standard InChI is InChI=1S/C37H44N6O4/c1-2-41-21-9-14-30(41)26-45-35-39-33(31-16-19-37(47-34(31)40-35)18-8-13-28-12-6-7-15-32(28)37)42-22-23-43(29(24-42)17-20-38)36(44)46-25-27-10-4-3-5-11-27/h3-7,10-12,15,29-30H,2,8-9,13-14,16-19,21-26H2,1H3/t29-,30-,37?/m0/s1. The fourth-order valence-electron chi connectivity index (χ4n) is 7.91. The zero-order valence-corrected chi connectivity index (χ0v) is 27.3. The largest absolute Gasteiger partial charge is 0.466 e. The summed E-state index contributed by atoms with van der Waals surface area (Å²) in [7, 11) is 0. The van der Waals surface area contributed by atoms with Crippen LogP contribution < -0.4 is 14.4 Å². The van der Waals surface area contributed by atoms with Crippen molar-refractivity contribution in [2.75, 3.05) is 44.2 Å². The predicted octanol–water partition coefficient (Wildman–Crippen LogP) is 5.64. The van der Waals surface area contributed by atoms with Crippen LogP contribution in [-0.2, 0) is 29.8 Å². The van der Waals surface area contributed by atoms with Gasteiger partial charge in [-0.2, -0.15) is 15.2 Å². The molecule has 1 unspecified atom stereocenters. The van der Waals surface area contributed by atoms with E-state index in [0.29, 0.717) is 44.2 Å². The molecule has 1 spiro atoms. The number of carbonyl (C=O) groups is 1. The number of rotatable bonds is 8.